The summed E-state index contributed by atoms with van der Waals surface area (Å²) < 4.78 is 4.94. The lowest BCUT2D eigenvalue weighted by molar-refractivity contribution is 0.0525. The monoisotopic (exact) mass is 210 g/mol. The fraction of sp³-hybridized carbons (Fsp3) is 0.333. The van der Waals surface area contributed by atoms with Gasteiger partial charge in [0.2, 0.25) is 0 Å². The molecule has 0 saturated carbocycles. The molecule has 4 nitrogen and oxygen atoms in total. The van der Waals surface area contributed by atoms with E-state index in [-0.39, 0.29) is 5.97 Å². The quantitative estimate of drug-likeness (QED) is 0.756. The number of nitrogens with zero attached hydrogens (tertiary/aromatic N) is 1. The van der Waals surface area contributed by atoms with E-state index in [1.807, 2.05) is 0 Å². The van der Waals surface area contributed by atoms with Gasteiger partial charge in [0.1, 0.15) is 5.00 Å². The molecule has 1 aromatic heterocycles. The van der Waals surface area contributed by atoms with Crippen LogP contribution in [-0.2, 0) is 11.3 Å². The maximum absolute atomic E-state index is 11.5. The van der Waals surface area contributed by atoms with E-state index in [1.54, 1.807) is 18.6 Å². The van der Waals surface area contributed by atoms with Crippen molar-refractivity contribution in [1.82, 2.24) is 5.32 Å². The molecule has 1 aliphatic heterocycles. The number of thiophene rings is 1. The van der Waals surface area contributed by atoms with Crippen LogP contribution in [0.15, 0.2) is 10.4 Å². The third kappa shape index (κ3) is 1.50. The molecule has 5 heteroatoms. The van der Waals surface area contributed by atoms with E-state index in [0.717, 1.165) is 10.6 Å². The van der Waals surface area contributed by atoms with Crippen molar-refractivity contribution in [3.05, 3.63) is 16.5 Å². The minimum absolute atomic E-state index is 0.260. The van der Waals surface area contributed by atoms with E-state index < -0.39 is 0 Å². The minimum Gasteiger partial charge on any atom is -0.462 e. The highest BCUT2D eigenvalue weighted by Crippen LogP contribution is 2.32. The summed E-state index contributed by atoms with van der Waals surface area (Å²) in [6, 6.07) is 0. The van der Waals surface area contributed by atoms with E-state index in [2.05, 4.69) is 10.3 Å². The summed E-state index contributed by atoms with van der Waals surface area (Å²) in [6.07, 6.45) is 1.65. The molecule has 74 valence electrons. The third-order valence-electron chi connectivity index (χ3n) is 1.92. The molecule has 0 aliphatic carbocycles. The third-order valence-corrected chi connectivity index (χ3v) is 2.85. The summed E-state index contributed by atoms with van der Waals surface area (Å²) in [5.41, 5.74) is 1.58. The van der Waals surface area contributed by atoms with Gasteiger partial charge in [-0.1, -0.05) is 0 Å². The Labute approximate surface area is 85.6 Å². The number of fused-ring (bicyclic) bond motifs is 1. The van der Waals surface area contributed by atoms with E-state index in [1.165, 1.54) is 11.3 Å². The molecule has 1 aromatic rings. The fourth-order valence-corrected chi connectivity index (χ4v) is 2.19. The number of carbonyl (C=O) groups is 1. The Bertz CT molecular complexity index is 384. The van der Waals surface area contributed by atoms with Crippen LogP contribution in [0.5, 0.6) is 0 Å². The highest BCUT2D eigenvalue weighted by Gasteiger charge is 2.19. The predicted molar refractivity (Wildman–Crippen MR) is 55.3 cm³/mol. The molecule has 0 amide bonds. The number of nitrogens with one attached hydrogen (secondary N) is 1. The van der Waals surface area contributed by atoms with Gasteiger partial charge in [-0.2, -0.15) is 0 Å². The van der Waals surface area contributed by atoms with Crippen LogP contribution in [0.1, 0.15) is 22.8 Å². The fourth-order valence-electron chi connectivity index (χ4n) is 1.28. The number of carbonyl (C=O) groups excluding carboxylic acids is 1. The molecule has 0 aromatic carbocycles. The molecule has 14 heavy (non-hydrogen) atoms. The van der Waals surface area contributed by atoms with Crippen LogP contribution in [0.25, 0.3) is 0 Å². The van der Waals surface area contributed by atoms with Crippen LogP contribution in [-0.4, -0.2) is 18.9 Å². The Morgan fingerprint density at radius 3 is 3.43 bits per heavy atom. The first-order valence-corrected chi connectivity index (χ1v) is 5.24. The number of aliphatic imine (C=N–C) groups is 1. The second kappa shape index (κ2) is 3.79. The Balaban J connectivity index is 2.31. The SMILES string of the molecule is CCOC(=O)c1csc2c1CNC=N2. The number of ether oxygens (including phenoxy) is 1. The van der Waals surface area contributed by atoms with Crippen LogP contribution < -0.4 is 5.32 Å². The average Bonchev–Trinajstić information content (AvgIpc) is 2.61. The number of rotatable bonds is 2. The van der Waals surface area contributed by atoms with Gasteiger partial charge in [0.15, 0.2) is 0 Å². The number of hydrogen-bond acceptors (Lipinski definition) is 5. The van der Waals surface area contributed by atoms with Crippen molar-refractivity contribution >= 4 is 28.6 Å². The predicted octanol–water partition coefficient (Wildman–Crippen LogP) is 1.69. The van der Waals surface area contributed by atoms with Gasteiger partial charge in [0.05, 0.1) is 18.5 Å². The number of esters is 1. The van der Waals surface area contributed by atoms with Gasteiger partial charge >= 0.3 is 5.97 Å². The van der Waals surface area contributed by atoms with Crippen LogP contribution >= 0.6 is 11.3 Å². The van der Waals surface area contributed by atoms with Crippen LogP contribution in [0.2, 0.25) is 0 Å². The maximum atomic E-state index is 11.5. The summed E-state index contributed by atoms with van der Waals surface area (Å²) in [5, 5.41) is 5.67. The zero-order valence-electron chi connectivity index (χ0n) is 7.74. The topological polar surface area (TPSA) is 50.7 Å². The van der Waals surface area contributed by atoms with Crippen LogP contribution in [0.3, 0.4) is 0 Å². The Kier molecular flexibility index (Phi) is 2.49. The van der Waals surface area contributed by atoms with Crippen molar-refractivity contribution in [2.24, 2.45) is 4.99 Å². The lowest BCUT2D eigenvalue weighted by atomic mass is 10.2. The zero-order valence-corrected chi connectivity index (χ0v) is 8.56. The molecule has 0 saturated heterocycles. The summed E-state index contributed by atoms with van der Waals surface area (Å²) in [6.45, 7) is 2.85. The largest absolute Gasteiger partial charge is 0.462 e. The number of hydrogen-bond donors (Lipinski definition) is 1. The lowest BCUT2D eigenvalue weighted by Crippen LogP contribution is -2.16. The Morgan fingerprint density at radius 2 is 2.64 bits per heavy atom. The molecule has 1 N–H and O–H groups in total. The van der Waals surface area contributed by atoms with Crippen molar-refractivity contribution in [2.75, 3.05) is 6.61 Å². The van der Waals surface area contributed by atoms with Gasteiger partial charge in [-0.15, -0.1) is 11.3 Å². The molecule has 0 unspecified atom stereocenters. The summed E-state index contributed by atoms with van der Waals surface area (Å²) in [4.78, 5) is 15.6. The van der Waals surface area contributed by atoms with Gasteiger partial charge < -0.3 is 10.1 Å². The van der Waals surface area contributed by atoms with Gasteiger partial charge in [-0.25, -0.2) is 9.79 Å². The minimum atomic E-state index is -0.260. The van der Waals surface area contributed by atoms with E-state index >= 15 is 0 Å². The highest BCUT2D eigenvalue weighted by molar-refractivity contribution is 7.14. The molecule has 0 spiro atoms. The van der Waals surface area contributed by atoms with Crippen molar-refractivity contribution < 1.29 is 9.53 Å². The average molecular weight is 210 g/mol. The maximum Gasteiger partial charge on any atom is 0.339 e. The van der Waals surface area contributed by atoms with Crippen LogP contribution in [0.4, 0.5) is 5.00 Å². The van der Waals surface area contributed by atoms with E-state index in [4.69, 9.17) is 4.74 Å². The van der Waals surface area contributed by atoms with Crippen LogP contribution in [0, 0.1) is 0 Å². The molecule has 0 fully saturated rings. The Morgan fingerprint density at radius 1 is 1.79 bits per heavy atom. The first kappa shape index (κ1) is 9.21. The normalized spacial score (nSPS) is 13.2. The molecule has 2 heterocycles. The first-order chi connectivity index (χ1) is 6.83. The van der Waals surface area contributed by atoms with Crippen molar-refractivity contribution in [2.45, 2.75) is 13.5 Å². The van der Waals surface area contributed by atoms with E-state index in [0.29, 0.717) is 18.7 Å². The molecule has 0 bridgehead atoms. The molecule has 2 rings (SSSR count). The standard InChI is InChI=1S/C9H10N2O2S/c1-2-13-9(12)7-4-14-8-6(7)3-10-5-11-8/h4-5H,2-3H2,1H3,(H,10,11). The zero-order chi connectivity index (χ0) is 9.97. The molecule has 0 radical (unpaired) electrons. The smallest absolute Gasteiger partial charge is 0.339 e. The highest BCUT2D eigenvalue weighted by atomic mass is 32.1. The molecule has 1 aliphatic rings. The van der Waals surface area contributed by atoms with Crippen molar-refractivity contribution in [1.29, 1.82) is 0 Å². The molecule has 0 atom stereocenters. The second-order valence-electron chi connectivity index (χ2n) is 2.79. The van der Waals surface area contributed by atoms with Gasteiger partial charge in [0.25, 0.3) is 0 Å². The second-order valence-corrected chi connectivity index (χ2v) is 3.65. The van der Waals surface area contributed by atoms with Gasteiger partial charge in [-0.05, 0) is 6.92 Å². The van der Waals surface area contributed by atoms with Gasteiger partial charge in [-0.3, -0.25) is 0 Å². The molecular formula is C9H10N2O2S. The van der Waals surface area contributed by atoms with E-state index in [9.17, 15) is 4.79 Å². The molecular weight excluding hydrogens is 200 g/mol. The first-order valence-electron chi connectivity index (χ1n) is 4.36. The summed E-state index contributed by atoms with van der Waals surface area (Å²) >= 11 is 1.47. The van der Waals surface area contributed by atoms with Crippen molar-refractivity contribution in [3.8, 4) is 0 Å². The Hall–Kier alpha value is -1.36. The summed E-state index contributed by atoms with van der Waals surface area (Å²) in [5.74, 6) is -0.260. The lowest BCUT2D eigenvalue weighted by Gasteiger charge is -2.08. The summed E-state index contributed by atoms with van der Waals surface area (Å²) in [7, 11) is 0. The van der Waals surface area contributed by atoms with Crippen molar-refractivity contribution in [3.63, 3.8) is 0 Å². The van der Waals surface area contributed by atoms with Gasteiger partial charge in [0, 0.05) is 17.5 Å².